The summed E-state index contributed by atoms with van der Waals surface area (Å²) in [5, 5.41) is 22.0. The van der Waals surface area contributed by atoms with Crippen molar-refractivity contribution in [1.29, 1.82) is 0 Å². The Morgan fingerprint density at radius 2 is 2.12 bits per heavy atom. The second-order valence-electron chi connectivity index (χ2n) is 8.54. The molecule has 6 heteroatoms. The Labute approximate surface area is 152 Å². The molecule has 3 fully saturated rings. The molecule has 0 saturated heterocycles. The molecule has 0 aromatic rings. The molecule has 4 aliphatic rings. The number of aliphatic hydroxyl groups excluding tert-OH is 1. The molecule has 0 aromatic heterocycles. The van der Waals surface area contributed by atoms with Gasteiger partial charge in [-0.05, 0) is 55.6 Å². The van der Waals surface area contributed by atoms with Gasteiger partial charge in [-0.25, -0.2) is 4.39 Å². The van der Waals surface area contributed by atoms with E-state index in [1.54, 1.807) is 6.08 Å². The van der Waals surface area contributed by atoms with Crippen LogP contribution in [0, 0.1) is 29.6 Å². The van der Waals surface area contributed by atoms with Crippen LogP contribution < -0.4 is 5.73 Å². The maximum Gasteiger partial charge on any atom is 0.178 e. The van der Waals surface area contributed by atoms with Crippen LogP contribution in [0.2, 0.25) is 0 Å². The van der Waals surface area contributed by atoms with Crippen molar-refractivity contribution in [1.82, 2.24) is 0 Å². The third kappa shape index (κ3) is 2.12. The summed E-state index contributed by atoms with van der Waals surface area (Å²) >= 11 is 0. The molecule has 0 aromatic carbocycles. The molecule has 0 heterocycles. The number of carbonyl (C=O) groups excluding carboxylic acids is 2. The fraction of sp³-hybridized carbons (Fsp3) is 0.700. The number of hydrogen-bond acceptors (Lipinski definition) is 5. The van der Waals surface area contributed by atoms with Gasteiger partial charge in [-0.15, -0.1) is 0 Å². The van der Waals surface area contributed by atoms with Gasteiger partial charge in [-0.3, -0.25) is 9.59 Å². The normalized spacial score (nSPS) is 49.9. The monoisotopic (exact) mass is 363 g/mol. The lowest BCUT2D eigenvalue weighted by atomic mass is 9.53. The number of Topliss-reactive ketones (excluding diaryl/α,β-unsaturated/α-hetero) is 1. The number of allylic oxidation sites excluding steroid dienone is 4. The predicted octanol–water partition coefficient (Wildman–Crippen LogP) is 1.08. The lowest BCUT2D eigenvalue weighted by Gasteiger charge is -2.55. The van der Waals surface area contributed by atoms with Crippen molar-refractivity contribution in [2.24, 2.45) is 35.3 Å². The van der Waals surface area contributed by atoms with Crippen LogP contribution in [0.1, 0.15) is 32.6 Å². The van der Waals surface area contributed by atoms with Crippen LogP contribution in [0.25, 0.3) is 0 Å². The molecule has 5 nitrogen and oxygen atoms in total. The van der Waals surface area contributed by atoms with Gasteiger partial charge < -0.3 is 15.9 Å². The Morgan fingerprint density at radius 1 is 1.38 bits per heavy atom. The van der Waals surface area contributed by atoms with Crippen LogP contribution in [-0.2, 0) is 9.59 Å². The third-order valence-corrected chi connectivity index (χ3v) is 7.57. The van der Waals surface area contributed by atoms with Crippen LogP contribution in [0.3, 0.4) is 0 Å². The summed E-state index contributed by atoms with van der Waals surface area (Å²) in [4.78, 5) is 24.1. The third-order valence-electron chi connectivity index (χ3n) is 7.57. The minimum atomic E-state index is -1.86. The van der Waals surface area contributed by atoms with Gasteiger partial charge in [0.15, 0.2) is 11.6 Å². The zero-order valence-electron chi connectivity index (χ0n) is 14.9. The lowest BCUT2D eigenvalue weighted by Crippen LogP contribution is -2.63. The quantitative estimate of drug-likeness (QED) is 0.682. The molecule has 4 N–H and O–H groups in total. The molecule has 0 bridgehead atoms. The topological polar surface area (TPSA) is 101 Å². The van der Waals surface area contributed by atoms with Crippen molar-refractivity contribution in [3.63, 3.8) is 0 Å². The van der Waals surface area contributed by atoms with Crippen LogP contribution in [0.15, 0.2) is 23.8 Å². The van der Waals surface area contributed by atoms with E-state index in [1.165, 1.54) is 12.2 Å². The first-order valence-corrected chi connectivity index (χ1v) is 9.49. The molecule has 4 aliphatic carbocycles. The number of fused-ring (bicyclic) bond motifs is 5. The zero-order chi connectivity index (χ0) is 18.9. The Morgan fingerprint density at radius 3 is 2.81 bits per heavy atom. The van der Waals surface area contributed by atoms with Crippen LogP contribution >= 0.6 is 0 Å². The number of alkyl halides is 1. The Hall–Kier alpha value is -1.37. The number of aliphatic hydroxyl groups is 2. The molecular weight excluding hydrogens is 337 g/mol. The Kier molecular flexibility index (Phi) is 4.03. The number of halogens is 1. The molecule has 142 valence electrons. The number of ketones is 2. The molecule has 8 atom stereocenters. The molecule has 0 radical (unpaired) electrons. The molecule has 0 spiro atoms. The number of rotatable bonds is 2. The first-order chi connectivity index (χ1) is 12.2. The Balaban J connectivity index is 1.74. The van der Waals surface area contributed by atoms with Gasteiger partial charge in [-0.2, -0.15) is 0 Å². The molecule has 0 amide bonds. The van der Waals surface area contributed by atoms with E-state index in [0.29, 0.717) is 19.3 Å². The van der Waals surface area contributed by atoms with Crippen LogP contribution in [0.5, 0.6) is 0 Å². The largest absolute Gasteiger partial charge is 0.390 e. The minimum absolute atomic E-state index is 0.0375. The van der Waals surface area contributed by atoms with E-state index in [2.05, 4.69) is 0 Å². The molecule has 0 aliphatic heterocycles. The highest BCUT2D eigenvalue weighted by molar-refractivity contribution is 6.01. The summed E-state index contributed by atoms with van der Waals surface area (Å²) in [6.45, 7) is 1.55. The summed E-state index contributed by atoms with van der Waals surface area (Å²) in [6.07, 6.45) is 4.86. The van der Waals surface area contributed by atoms with Crippen molar-refractivity contribution >= 4 is 11.6 Å². The first-order valence-electron chi connectivity index (χ1n) is 9.49. The van der Waals surface area contributed by atoms with Crippen molar-refractivity contribution in [2.45, 2.75) is 50.0 Å². The van der Waals surface area contributed by atoms with Gasteiger partial charge in [0.25, 0.3) is 0 Å². The summed E-state index contributed by atoms with van der Waals surface area (Å²) in [6, 6.07) is 0. The minimum Gasteiger partial charge on any atom is -0.390 e. The van der Waals surface area contributed by atoms with Crippen LogP contribution in [-0.4, -0.2) is 45.7 Å². The predicted molar refractivity (Wildman–Crippen MR) is 92.7 cm³/mol. The summed E-state index contributed by atoms with van der Waals surface area (Å²) in [5.74, 6) is -2.58. The molecule has 1 unspecified atom stereocenters. The van der Waals surface area contributed by atoms with Gasteiger partial charge in [0.05, 0.1) is 12.6 Å². The summed E-state index contributed by atoms with van der Waals surface area (Å²) in [7, 11) is 0. The second-order valence-corrected chi connectivity index (χ2v) is 8.54. The van der Waals surface area contributed by atoms with Crippen molar-refractivity contribution in [3.8, 4) is 0 Å². The lowest BCUT2D eigenvalue weighted by molar-refractivity contribution is -0.174. The fourth-order valence-electron chi connectivity index (χ4n) is 6.37. The second kappa shape index (κ2) is 5.81. The zero-order valence-corrected chi connectivity index (χ0v) is 14.9. The maximum absolute atomic E-state index is 16.3. The number of hydrogen-bond donors (Lipinski definition) is 3. The van der Waals surface area contributed by atoms with E-state index < -0.39 is 40.9 Å². The summed E-state index contributed by atoms with van der Waals surface area (Å²) in [5.41, 5.74) is 2.81. The fourth-order valence-corrected chi connectivity index (χ4v) is 6.37. The highest BCUT2D eigenvalue weighted by Gasteiger charge is 2.68. The molecular formula is C20H26FNO4. The van der Waals surface area contributed by atoms with Crippen molar-refractivity contribution in [3.05, 3.63) is 23.8 Å². The van der Waals surface area contributed by atoms with Crippen molar-refractivity contribution < 1.29 is 24.2 Å². The van der Waals surface area contributed by atoms with Gasteiger partial charge in [0.2, 0.25) is 0 Å². The highest BCUT2D eigenvalue weighted by atomic mass is 19.1. The van der Waals surface area contributed by atoms with Gasteiger partial charge in [-0.1, -0.05) is 18.6 Å². The number of nitrogens with two attached hydrogens (primary N) is 1. The molecule has 4 rings (SSSR count). The molecule has 3 saturated carbocycles. The Bertz CT molecular complexity index is 719. The SMILES string of the molecule is C[C@@H]1C[C@@H]2[C@H](C[C@H](O)[C@]3(F)C4C=CC(=O)C=C4CC[C@@H]23)[C@@]1(O)C(=O)CN. The number of carbonyl (C=O) groups is 2. The first kappa shape index (κ1) is 18.0. The van der Waals surface area contributed by atoms with Crippen LogP contribution in [0.4, 0.5) is 4.39 Å². The standard InChI is InChI=1S/C20H26FNO4/c1-10-6-13-15-4-2-11-7-12(23)3-5-14(11)19(15,21)17(24)8-16(13)20(10,26)18(25)9-22/h3,5,7,10,13-17,24,26H,2,4,6,8-9,22H2,1H3/t10-,13+,14?,15+,16+,17+,19+,20-/m1/s1. The maximum atomic E-state index is 16.3. The van der Waals surface area contributed by atoms with E-state index in [9.17, 15) is 19.8 Å². The highest BCUT2D eigenvalue weighted by Crippen LogP contribution is 2.63. The van der Waals surface area contributed by atoms with Gasteiger partial charge >= 0.3 is 0 Å². The van der Waals surface area contributed by atoms with E-state index in [-0.39, 0.29) is 30.6 Å². The smallest absolute Gasteiger partial charge is 0.178 e. The van der Waals surface area contributed by atoms with E-state index in [1.807, 2.05) is 6.92 Å². The van der Waals surface area contributed by atoms with E-state index in [0.717, 1.165) is 5.57 Å². The average molecular weight is 363 g/mol. The molecule has 26 heavy (non-hydrogen) atoms. The summed E-state index contributed by atoms with van der Waals surface area (Å²) < 4.78 is 16.3. The van der Waals surface area contributed by atoms with E-state index in [4.69, 9.17) is 5.73 Å². The van der Waals surface area contributed by atoms with Gasteiger partial charge in [0.1, 0.15) is 11.3 Å². The van der Waals surface area contributed by atoms with E-state index >= 15 is 4.39 Å². The average Bonchev–Trinajstić information content (AvgIpc) is 2.86. The van der Waals surface area contributed by atoms with Crippen molar-refractivity contribution in [2.75, 3.05) is 6.54 Å². The van der Waals surface area contributed by atoms with Gasteiger partial charge in [0, 0.05) is 11.8 Å².